The average Bonchev–Trinajstić information content (AvgIpc) is 3.74. The van der Waals surface area contributed by atoms with Crippen LogP contribution in [0.3, 0.4) is 0 Å². The highest BCUT2D eigenvalue weighted by Crippen LogP contribution is 2.90. The van der Waals surface area contributed by atoms with Gasteiger partial charge in [0.25, 0.3) is 0 Å². The number of carboxylic acids is 1. The number of hydrogen-bond acceptors (Lipinski definition) is 8. The molecular weight excluding hydrogens is 855 g/mol. The maximum atomic E-state index is 16.4. The van der Waals surface area contributed by atoms with Crippen LogP contribution in [0.1, 0.15) is 116 Å². The lowest BCUT2D eigenvalue weighted by atomic mass is 9.32. The van der Waals surface area contributed by atoms with Gasteiger partial charge in [0.1, 0.15) is 33.7 Å². The Morgan fingerprint density at radius 2 is 1.69 bits per heavy atom. The van der Waals surface area contributed by atoms with Crippen molar-refractivity contribution < 1.29 is 39.9 Å². The number of aryl methyl sites for hydroxylation is 1. The zero-order chi connectivity index (χ0) is 47.9. The van der Waals surface area contributed by atoms with Crippen molar-refractivity contribution in [2.24, 2.45) is 67.2 Å². The van der Waals surface area contributed by atoms with Crippen LogP contribution >= 0.6 is 0 Å². The first kappa shape index (κ1) is 42.9. The minimum Gasteiger partial charge on any atom is -0.478 e. The van der Waals surface area contributed by atoms with Gasteiger partial charge in [-0.25, -0.2) is 9.79 Å². The van der Waals surface area contributed by atoms with Crippen LogP contribution in [-0.4, -0.2) is 77.0 Å². The normalized spacial score (nSPS) is 48.8. The van der Waals surface area contributed by atoms with Crippen LogP contribution in [0.25, 0.3) is 6.08 Å². The Morgan fingerprint density at radius 3 is 2.44 bits per heavy atom. The lowest BCUT2D eigenvalue weighted by Crippen LogP contribution is -2.77. The molecule has 0 aliphatic heterocycles. The maximum absolute atomic E-state index is 16.4. The smallest absolute Gasteiger partial charge is 0.331 e. The van der Waals surface area contributed by atoms with Gasteiger partial charge in [0.15, 0.2) is 11.7 Å². The second-order valence-electron chi connectivity index (χ2n) is 23.8. The standard InChI is InChI=1S/C57H61N3O8/c1-29(46(63)64)36-17-22-51(60-47(58)59)23-24-52-30(2)57(51,68)56(36,67)37-16-15-33-26-35-27-53(65)41(34-14-13-31-11-7-8-12-32(31)25-34)44-48(3)19-9-6-10-20-54(55(35,66)43(52)40(33)37)45(53)42(38(61)28-50(52,54)5)49(44,4)21-18-39(48)62/h7-8,11-12,16,23-25,27,30,41,43-44,65-68H,10,13-15,17-22,26,28H2,1-5H3,(H,63,64)(H4,58,59,60). The molecule has 0 saturated heterocycles. The van der Waals surface area contributed by atoms with E-state index in [4.69, 9.17) is 16.5 Å². The molecule has 13 rings (SSSR count). The molecule has 4 saturated carbocycles. The zero-order valence-corrected chi connectivity index (χ0v) is 39.6. The SMILES string of the molecule is CC(C(=O)O)=C1CCC2(N=C(N)N)C=CC34C5C6=C(CC=C6C1(O)C2(O)C3C)CC1=CC2(O)C3=C6C(=O)CC4(C)C3(CCC#CCC3(C)C(=O)CCC6(C)C3C2C2=Cc3ccccc3CC2)C15O. The van der Waals surface area contributed by atoms with Crippen molar-refractivity contribution in [3.8, 4) is 11.8 Å². The van der Waals surface area contributed by atoms with E-state index >= 15 is 9.90 Å². The van der Waals surface area contributed by atoms with Crippen molar-refractivity contribution in [2.75, 3.05) is 0 Å². The number of carboxylic acid groups (broad SMARTS) is 1. The first-order valence-electron chi connectivity index (χ1n) is 24.9. The van der Waals surface area contributed by atoms with E-state index in [1.165, 1.54) is 12.5 Å². The Balaban J connectivity index is 1.21. The summed E-state index contributed by atoms with van der Waals surface area (Å²) in [5, 5.41) is 69.4. The van der Waals surface area contributed by atoms with Crippen molar-refractivity contribution in [2.45, 2.75) is 140 Å². The number of ketones is 2. The predicted molar refractivity (Wildman–Crippen MR) is 254 cm³/mol. The van der Waals surface area contributed by atoms with Gasteiger partial charge < -0.3 is 37.0 Å². The van der Waals surface area contributed by atoms with Gasteiger partial charge in [0.2, 0.25) is 0 Å². The van der Waals surface area contributed by atoms with Crippen LogP contribution in [-0.2, 0) is 20.8 Å². The van der Waals surface area contributed by atoms with Crippen molar-refractivity contribution in [1.29, 1.82) is 0 Å². The van der Waals surface area contributed by atoms with Gasteiger partial charge >= 0.3 is 5.97 Å². The molecule has 12 aliphatic rings. The first-order chi connectivity index (χ1) is 32.0. The number of benzene rings is 1. The lowest BCUT2D eigenvalue weighted by molar-refractivity contribution is -0.224. The predicted octanol–water partition coefficient (Wildman–Crippen LogP) is 6.02. The number of nitrogens with zero attached hydrogens (tertiary/aromatic N) is 1. The average molecular weight is 916 g/mol. The summed E-state index contributed by atoms with van der Waals surface area (Å²) in [5.41, 5.74) is 3.66. The number of hydrogen-bond donors (Lipinski definition) is 7. The molecule has 6 bridgehead atoms. The highest BCUT2D eigenvalue weighted by atomic mass is 16.4. The molecule has 11 heteroatoms. The molecule has 1 aromatic carbocycles. The molecule has 12 aliphatic carbocycles. The molecule has 0 heterocycles. The molecule has 352 valence electrons. The summed E-state index contributed by atoms with van der Waals surface area (Å²) >= 11 is 0. The largest absolute Gasteiger partial charge is 0.478 e. The van der Waals surface area contributed by atoms with Crippen LogP contribution in [0, 0.1) is 62.6 Å². The number of aliphatic imine (C=N–C) groups is 1. The molecular formula is C57H61N3O8. The van der Waals surface area contributed by atoms with Gasteiger partial charge in [-0.2, -0.15) is 0 Å². The molecule has 2 spiro atoms. The highest BCUT2D eigenvalue weighted by molar-refractivity contribution is 6.03. The van der Waals surface area contributed by atoms with Crippen molar-refractivity contribution in [3.63, 3.8) is 0 Å². The number of carbonyl (C=O) groups is 3. The minimum absolute atomic E-state index is 0.0579. The number of allylic oxidation sites excluding steroid dienone is 4. The van der Waals surface area contributed by atoms with E-state index < -0.39 is 84.7 Å². The highest BCUT2D eigenvalue weighted by Gasteiger charge is 2.92. The van der Waals surface area contributed by atoms with Gasteiger partial charge in [-0.05, 0) is 115 Å². The number of Topliss-reactive ketones (excluding diaryl/α,β-unsaturated/α-hetero) is 2. The number of fused-ring (bicyclic) bond motifs is 3. The Morgan fingerprint density at radius 1 is 0.926 bits per heavy atom. The Bertz CT molecular complexity index is 3060. The molecule has 4 fully saturated rings. The molecule has 9 N–H and O–H groups in total. The summed E-state index contributed by atoms with van der Waals surface area (Å²) < 4.78 is 0. The van der Waals surface area contributed by atoms with Gasteiger partial charge in [-0.15, -0.1) is 11.8 Å². The van der Waals surface area contributed by atoms with E-state index in [9.17, 15) is 30.0 Å². The van der Waals surface area contributed by atoms with Gasteiger partial charge in [-0.1, -0.05) is 87.4 Å². The minimum atomic E-state index is -2.34. The number of aliphatic carboxylic acids is 1. The number of rotatable bonds is 3. The number of nitrogens with two attached hydrogens (primary N) is 2. The van der Waals surface area contributed by atoms with Crippen LogP contribution in [0.4, 0.5) is 0 Å². The summed E-state index contributed by atoms with van der Waals surface area (Å²) in [6, 6.07) is 8.32. The Labute approximate surface area is 396 Å². The van der Waals surface area contributed by atoms with E-state index in [0.717, 1.165) is 23.1 Å². The van der Waals surface area contributed by atoms with Gasteiger partial charge in [0, 0.05) is 76.2 Å². The molecule has 11 nitrogen and oxygen atoms in total. The van der Waals surface area contributed by atoms with E-state index in [-0.39, 0.29) is 73.6 Å². The third-order valence-corrected chi connectivity index (χ3v) is 21.9. The topological polar surface area (TPSA) is 217 Å². The molecule has 68 heavy (non-hydrogen) atoms. The van der Waals surface area contributed by atoms with E-state index in [1.54, 1.807) is 0 Å². The van der Waals surface area contributed by atoms with Crippen molar-refractivity contribution in [3.05, 3.63) is 110 Å². The van der Waals surface area contributed by atoms with Crippen LogP contribution < -0.4 is 11.5 Å². The summed E-state index contributed by atoms with van der Waals surface area (Å²) in [4.78, 5) is 49.1. The molecule has 0 radical (unpaired) electrons. The number of carbonyl (C=O) groups excluding carboxylic acids is 2. The molecule has 0 aromatic heterocycles. The zero-order valence-electron chi connectivity index (χ0n) is 39.6. The summed E-state index contributed by atoms with van der Waals surface area (Å²) in [6.07, 6.45) is 13.4. The van der Waals surface area contributed by atoms with Crippen molar-refractivity contribution in [1.82, 2.24) is 0 Å². The van der Waals surface area contributed by atoms with E-state index in [2.05, 4.69) is 50.0 Å². The summed E-state index contributed by atoms with van der Waals surface area (Å²) in [5.74, 6) is 2.30. The fourth-order valence-electron chi connectivity index (χ4n) is 19.7. The van der Waals surface area contributed by atoms with E-state index in [1.807, 2.05) is 44.2 Å². The first-order valence-corrected chi connectivity index (χ1v) is 24.9. The van der Waals surface area contributed by atoms with E-state index in [0.29, 0.717) is 53.5 Å². The van der Waals surface area contributed by atoms with Crippen LogP contribution in [0.2, 0.25) is 0 Å². The Kier molecular flexibility index (Phi) is 7.84. The Hall–Kier alpha value is -5.12. The fraction of sp³-hybridized carbons (Fsp3) is 0.544. The quantitative estimate of drug-likeness (QED) is 0.0615. The summed E-state index contributed by atoms with van der Waals surface area (Å²) in [6.45, 7) is 9.60. The molecule has 1 aromatic rings. The van der Waals surface area contributed by atoms with Crippen LogP contribution in [0.15, 0.2) is 104 Å². The van der Waals surface area contributed by atoms with Gasteiger partial charge in [-0.3, -0.25) is 9.59 Å². The van der Waals surface area contributed by atoms with Gasteiger partial charge in [0.05, 0.1) is 0 Å². The third kappa shape index (κ3) is 4.03. The monoisotopic (exact) mass is 915 g/mol. The lowest BCUT2D eigenvalue weighted by Gasteiger charge is -2.71. The second kappa shape index (κ2) is 12.4. The maximum Gasteiger partial charge on any atom is 0.331 e. The third-order valence-electron chi connectivity index (χ3n) is 21.9. The number of guanidine groups is 1. The second-order valence-corrected chi connectivity index (χ2v) is 23.8. The fourth-order valence-corrected chi connectivity index (χ4v) is 19.7. The molecule has 14 atom stereocenters. The van der Waals surface area contributed by atoms with Crippen molar-refractivity contribution >= 4 is 29.6 Å². The van der Waals surface area contributed by atoms with Crippen LogP contribution in [0.5, 0.6) is 0 Å². The molecule has 14 unspecified atom stereocenters. The molecule has 0 amide bonds. The summed E-state index contributed by atoms with van der Waals surface area (Å²) in [7, 11) is 0. The number of aliphatic hydroxyl groups is 4.